The van der Waals surface area contributed by atoms with E-state index in [9.17, 15) is 9.59 Å². The van der Waals surface area contributed by atoms with Crippen molar-refractivity contribution in [3.05, 3.63) is 45.4 Å². The highest BCUT2D eigenvalue weighted by atomic mass is 16.3. The largest absolute Gasteiger partial charge is 0.483 e. The molecule has 2 atom stereocenters. The zero-order valence-corrected chi connectivity index (χ0v) is 19.3. The summed E-state index contributed by atoms with van der Waals surface area (Å²) < 4.78 is 3.68. The maximum Gasteiger partial charge on any atom is 0.290 e. The molecule has 0 aliphatic carbocycles. The SMILES string of the molecule is Cc1nc(C)n(CC(=O)N2C[C@@H]3C[C@H](C2)c2ccc(CN4CCCC4)c(=O)n2C3)n1.O=CO. The second kappa shape index (κ2) is 9.86. The molecule has 0 saturated carbocycles. The summed E-state index contributed by atoms with van der Waals surface area (Å²) in [7, 11) is 0. The maximum atomic E-state index is 13.2. The standard InChI is InChI=1S/C22H30N6O2.CH2O2/c1-15-23-16(2)28(24-15)14-21(29)26-10-17-9-19(13-26)20-6-5-18(22(30)27(20)11-17)12-25-7-3-4-8-25;2-1-3/h5-6,17,19H,3-4,7-14H2,1-2H3;1H,(H,2,3)/t17-,19+;/m0./s1. The van der Waals surface area contributed by atoms with Crippen molar-refractivity contribution >= 4 is 12.4 Å². The number of likely N-dealkylation sites (tertiary alicyclic amines) is 2. The molecule has 2 aromatic rings. The van der Waals surface area contributed by atoms with Gasteiger partial charge in [-0.05, 0) is 58.2 Å². The van der Waals surface area contributed by atoms with Crippen molar-refractivity contribution in [2.75, 3.05) is 26.2 Å². The van der Waals surface area contributed by atoms with Crippen molar-refractivity contribution in [1.29, 1.82) is 0 Å². The summed E-state index contributed by atoms with van der Waals surface area (Å²) in [6.07, 6.45) is 3.51. The van der Waals surface area contributed by atoms with Crippen LogP contribution in [0.4, 0.5) is 0 Å². The second-order valence-corrected chi connectivity index (χ2v) is 9.25. The highest BCUT2D eigenvalue weighted by Gasteiger charge is 2.36. The molecule has 5 rings (SSSR count). The summed E-state index contributed by atoms with van der Waals surface area (Å²) in [4.78, 5) is 43.1. The van der Waals surface area contributed by atoms with E-state index in [1.165, 1.54) is 12.8 Å². The van der Waals surface area contributed by atoms with Crippen LogP contribution in [0.15, 0.2) is 16.9 Å². The van der Waals surface area contributed by atoms with Gasteiger partial charge in [-0.15, -0.1) is 0 Å². The van der Waals surface area contributed by atoms with Crippen LogP contribution in [0.1, 0.15) is 48.1 Å². The number of rotatable bonds is 4. The number of amides is 1. The lowest BCUT2D eigenvalue weighted by atomic mass is 9.83. The van der Waals surface area contributed by atoms with E-state index in [4.69, 9.17) is 9.90 Å². The molecule has 2 fully saturated rings. The molecule has 0 unspecified atom stereocenters. The fourth-order valence-corrected chi connectivity index (χ4v) is 5.44. The first-order valence-corrected chi connectivity index (χ1v) is 11.6. The Kier molecular flexibility index (Phi) is 6.92. The van der Waals surface area contributed by atoms with E-state index in [0.717, 1.165) is 43.1 Å². The Bertz CT molecular complexity index is 1070. The Morgan fingerprint density at radius 1 is 1.18 bits per heavy atom. The minimum absolute atomic E-state index is 0.0825. The highest BCUT2D eigenvalue weighted by Crippen LogP contribution is 2.35. The van der Waals surface area contributed by atoms with E-state index in [0.29, 0.717) is 31.4 Å². The summed E-state index contributed by atoms with van der Waals surface area (Å²) >= 11 is 0. The Morgan fingerprint density at radius 3 is 2.58 bits per heavy atom. The number of aryl methyl sites for hydroxylation is 2. The average Bonchev–Trinajstić information content (AvgIpc) is 3.40. The molecule has 10 nitrogen and oxygen atoms in total. The van der Waals surface area contributed by atoms with Gasteiger partial charge in [0.1, 0.15) is 18.2 Å². The molecule has 1 amide bonds. The molecule has 3 aliphatic heterocycles. The molecular formula is C23H32N6O4. The Morgan fingerprint density at radius 2 is 1.91 bits per heavy atom. The van der Waals surface area contributed by atoms with Gasteiger partial charge in [0.05, 0.1) is 0 Å². The molecular weight excluding hydrogens is 424 g/mol. The van der Waals surface area contributed by atoms with Gasteiger partial charge in [-0.1, -0.05) is 6.07 Å². The number of piperidine rings is 1. The van der Waals surface area contributed by atoms with Gasteiger partial charge in [0.15, 0.2) is 0 Å². The van der Waals surface area contributed by atoms with Gasteiger partial charge in [-0.2, -0.15) is 5.10 Å². The Balaban J connectivity index is 0.000000821. The van der Waals surface area contributed by atoms with Gasteiger partial charge in [-0.3, -0.25) is 19.3 Å². The van der Waals surface area contributed by atoms with Crippen molar-refractivity contribution in [3.8, 4) is 0 Å². The van der Waals surface area contributed by atoms with Crippen LogP contribution in [-0.4, -0.2) is 72.8 Å². The molecule has 5 heterocycles. The Hall–Kier alpha value is -3.01. The predicted molar refractivity (Wildman–Crippen MR) is 121 cm³/mol. The molecule has 0 spiro atoms. The van der Waals surface area contributed by atoms with Crippen LogP contribution >= 0.6 is 0 Å². The minimum Gasteiger partial charge on any atom is -0.483 e. The topological polar surface area (TPSA) is 114 Å². The van der Waals surface area contributed by atoms with Gasteiger partial charge >= 0.3 is 0 Å². The number of carboxylic acid groups (broad SMARTS) is 1. The van der Waals surface area contributed by atoms with Crippen molar-refractivity contribution < 1.29 is 14.7 Å². The molecule has 33 heavy (non-hydrogen) atoms. The van der Waals surface area contributed by atoms with Crippen LogP contribution in [0.25, 0.3) is 0 Å². The lowest BCUT2D eigenvalue weighted by Crippen LogP contribution is -2.50. The number of fused-ring (bicyclic) bond motifs is 4. The molecule has 3 aliphatic rings. The van der Waals surface area contributed by atoms with Gasteiger partial charge in [-0.25, -0.2) is 9.67 Å². The lowest BCUT2D eigenvalue weighted by Gasteiger charge is -2.43. The van der Waals surface area contributed by atoms with Gasteiger partial charge < -0.3 is 14.6 Å². The van der Waals surface area contributed by atoms with Crippen molar-refractivity contribution in [1.82, 2.24) is 29.1 Å². The molecule has 178 valence electrons. The first-order valence-electron chi connectivity index (χ1n) is 11.6. The minimum atomic E-state index is -0.250. The molecule has 10 heteroatoms. The first kappa shape index (κ1) is 23.2. The van der Waals surface area contributed by atoms with E-state index < -0.39 is 0 Å². The molecule has 2 aromatic heterocycles. The van der Waals surface area contributed by atoms with Gasteiger partial charge in [0.2, 0.25) is 5.91 Å². The zero-order valence-electron chi connectivity index (χ0n) is 19.3. The van der Waals surface area contributed by atoms with E-state index in [1.54, 1.807) is 4.68 Å². The van der Waals surface area contributed by atoms with Crippen LogP contribution in [0.2, 0.25) is 0 Å². The molecule has 0 aromatic carbocycles. The van der Waals surface area contributed by atoms with Crippen LogP contribution < -0.4 is 5.56 Å². The zero-order chi connectivity index (χ0) is 23.5. The number of nitrogens with zero attached hydrogens (tertiary/aromatic N) is 6. The molecule has 2 saturated heterocycles. The lowest BCUT2D eigenvalue weighted by molar-refractivity contribution is -0.134. The van der Waals surface area contributed by atoms with Crippen LogP contribution in [-0.2, 0) is 29.2 Å². The third kappa shape index (κ3) is 5.00. The average molecular weight is 457 g/mol. The first-order chi connectivity index (χ1) is 15.9. The van der Waals surface area contributed by atoms with E-state index >= 15 is 0 Å². The molecule has 2 bridgehead atoms. The monoisotopic (exact) mass is 456 g/mol. The second-order valence-electron chi connectivity index (χ2n) is 9.25. The quantitative estimate of drug-likeness (QED) is 0.683. The summed E-state index contributed by atoms with van der Waals surface area (Å²) in [6, 6.07) is 4.15. The fraction of sp³-hybridized carbons (Fsp3) is 0.609. The predicted octanol–water partition coefficient (Wildman–Crippen LogP) is 0.999. The van der Waals surface area contributed by atoms with Crippen molar-refractivity contribution in [2.45, 2.75) is 58.7 Å². The fourth-order valence-electron chi connectivity index (χ4n) is 5.44. The van der Waals surface area contributed by atoms with Crippen LogP contribution in [0.5, 0.6) is 0 Å². The number of carbonyl (C=O) groups is 2. The van der Waals surface area contributed by atoms with E-state index in [-0.39, 0.29) is 30.4 Å². The Labute approximate surface area is 192 Å². The number of pyridine rings is 1. The number of hydrogen-bond acceptors (Lipinski definition) is 6. The summed E-state index contributed by atoms with van der Waals surface area (Å²) in [5.41, 5.74) is 2.17. The summed E-state index contributed by atoms with van der Waals surface area (Å²) in [5.74, 6) is 2.10. The summed E-state index contributed by atoms with van der Waals surface area (Å²) in [6.45, 7) is 8.74. The third-order valence-electron chi connectivity index (χ3n) is 6.88. The van der Waals surface area contributed by atoms with Crippen LogP contribution in [0.3, 0.4) is 0 Å². The van der Waals surface area contributed by atoms with Crippen LogP contribution in [0, 0.1) is 19.8 Å². The third-order valence-corrected chi connectivity index (χ3v) is 6.88. The molecule has 0 radical (unpaired) electrons. The van der Waals surface area contributed by atoms with Gasteiger partial charge in [0, 0.05) is 43.4 Å². The van der Waals surface area contributed by atoms with E-state index in [2.05, 4.69) is 21.0 Å². The van der Waals surface area contributed by atoms with Crippen molar-refractivity contribution in [2.24, 2.45) is 5.92 Å². The molecule has 1 N–H and O–H groups in total. The highest BCUT2D eigenvalue weighted by molar-refractivity contribution is 5.76. The normalized spacial score (nSPS) is 21.8. The smallest absolute Gasteiger partial charge is 0.290 e. The maximum absolute atomic E-state index is 13.2. The number of hydrogen-bond donors (Lipinski definition) is 1. The number of aromatic nitrogens is 4. The van der Waals surface area contributed by atoms with Gasteiger partial charge in [0.25, 0.3) is 12.0 Å². The summed E-state index contributed by atoms with van der Waals surface area (Å²) in [5, 5.41) is 11.2. The van der Waals surface area contributed by atoms with Crippen molar-refractivity contribution in [3.63, 3.8) is 0 Å². The number of carbonyl (C=O) groups excluding carboxylic acids is 1. The van der Waals surface area contributed by atoms with E-state index in [1.807, 2.05) is 29.4 Å².